The molecule has 1 saturated carbocycles. The van der Waals surface area contributed by atoms with Gasteiger partial charge in [0.25, 0.3) is 5.91 Å². The number of carbonyl (C=O) groups excluding carboxylic acids is 3. The largest absolute Gasteiger partial charge is 0.469 e. The number of nitrogens with zero attached hydrogens (tertiary/aromatic N) is 2. The van der Waals surface area contributed by atoms with Gasteiger partial charge >= 0.3 is 5.97 Å². The highest BCUT2D eigenvalue weighted by molar-refractivity contribution is 5.96. The minimum atomic E-state index is -0.281. The van der Waals surface area contributed by atoms with E-state index in [0.717, 1.165) is 43.4 Å². The summed E-state index contributed by atoms with van der Waals surface area (Å²) in [5, 5.41) is 3.56. The molecule has 0 aromatic rings. The third-order valence-electron chi connectivity index (χ3n) is 7.26. The summed E-state index contributed by atoms with van der Waals surface area (Å²) in [6.07, 6.45) is 5.78. The van der Waals surface area contributed by atoms with Crippen LogP contribution >= 0.6 is 0 Å². The van der Waals surface area contributed by atoms with E-state index >= 15 is 0 Å². The van der Waals surface area contributed by atoms with E-state index in [9.17, 15) is 14.4 Å². The first kappa shape index (κ1) is 22.2. The van der Waals surface area contributed by atoms with E-state index in [-0.39, 0.29) is 41.2 Å². The summed E-state index contributed by atoms with van der Waals surface area (Å²) in [5.41, 5.74) is 1.79. The molecule has 7 heteroatoms. The van der Waals surface area contributed by atoms with E-state index in [0.29, 0.717) is 38.4 Å². The van der Waals surface area contributed by atoms with Crippen molar-refractivity contribution in [3.8, 4) is 0 Å². The van der Waals surface area contributed by atoms with Crippen LogP contribution in [-0.4, -0.2) is 66.4 Å². The smallest absolute Gasteiger partial charge is 0.311 e. The van der Waals surface area contributed by atoms with E-state index in [1.54, 1.807) is 0 Å². The second-order valence-electron chi connectivity index (χ2n) is 10.9. The SMILES string of the molecule is COC(=O)[C@H]1CC2=C(CCN(C3CCN(C(=O)CC(C)(C)C)CC3)C2=O)N[C@H]1C1CC1. The zero-order valence-electron chi connectivity index (χ0n) is 19.4. The van der Waals surface area contributed by atoms with Crippen LogP contribution < -0.4 is 5.32 Å². The van der Waals surface area contributed by atoms with Gasteiger partial charge in [-0.3, -0.25) is 14.4 Å². The van der Waals surface area contributed by atoms with Gasteiger partial charge in [0.1, 0.15) is 0 Å². The zero-order chi connectivity index (χ0) is 22.3. The normalized spacial score (nSPS) is 27.7. The molecular formula is C24H37N3O4. The number of likely N-dealkylation sites (tertiary alicyclic amines) is 1. The summed E-state index contributed by atoms with van der Waals surface area (Å²) in [4.78, 5) is 42.3. The van der Waals surface area contributed by atoms with Crippen molar-refractivity contribution in [1.82, 2.24) is 15.1 Å². The number of hydrogen-bond acceptors (Lipinski definition) is 5. The maximum atomic E-state index is 13.4. The lowest BCUT2D eigenvalue weighted by Gasteiger charge is -2.44. The number of piperidine rings is 1. The van der Waals surface area contributed by atoms with E-state index < -0.39 is 0 Å². The number of nitrogens with one attached hydrogen (secondary N) is 1. The monoisotopic (exact) mass is 431 g/mol. The molecule has 0 bridgehead atoms. The number of hydrogen-bond donors (Lipinski definition) is 1. The quantitative estimate of drug-likeness (QED) is 0.692. The highest BCUT2D eigenvalue weighted by Crippen LogP contribution is 2.42. The molecule has 31 heavy (non-hydrogen) atoms. The molecule has 1 N–H and O–H groups in total. The Morgan fingerprint density at radius 3 is 2.35 bits per heavy atom. The summed E-state index contributed by atoms with van der Waals surface area (Å²) in [7, 11) is 1.43. The van der Waals surface area contributed by atoms with Crippen molar-refractivity contribution in [2.75, 3.05) is 26.7 Å². The molecule has 0 aromatic heterocycles. The molecule has 0 unspecified atom stereocenters. The van der Waals surface area contributed by atoms with Gasteiger partial charge in [-0.25, -0.2) is 0 Å². The first-order chi connectivity index (χ1) is 14.7. The lowest BCUT2D eigenvalue weighted by Crippen LogP contribution is -2.55. The number of amides is 2. The van der Waals surface area contributed by atoms with E-state index in [1.807, 2.05) is 9.80 Å². The number of esters is 1. The Balaban J connectivity index is 1.40. The molecule has 0 spiro atoms. The van der Waals surface area contributed by atoms with Crippen LogP contribution in [0.3, 0.4) is 0 Å². The number of carbonyl (C=O) groups is 3. The van der Waals surface area contributed by atoms with Crippen LogP contribution in [0.1, 0.15) is 65.7 Å². The van der Waals surface area contributed by atoms with Crippen LogP contribution in [0, 0.1) is 17.3 Å². The van der Waals surface area contributed by atoms with Crippen molar-refractivity contribution >= 4 is 17.8 Å². The molecule has 3 heterocycles. The average Bonchev–Trinajstić information content (AvgIpc) is 3.57. The van der Waals surface area contributed by atoms with E-state index in [2.05, 4.69) is 26.1 Å². The predicted molar refractivity (Wildman–Crippen MR) is 117 cm³/mol. The molecule has 1 saturated heterocycles. The van der Waals surface area contributed by atoms with Crippen molar-refractivity contribution in [2.45, 2.75) is 77.8 Å². The second-order valence-corrected chi connectivity index (χ2v) is 10.9. The maximum Gasteiger partial charge on any atom is 0.311 e. The summed E-state index contributed by atoms with van der Waals surface area (Å²) in [6.45, 7) is 8.39. The minimum absolute atomic E-state index is 0.0118. The molecule has 4 aliphatic rings. The molecule has 0 aromatic carbocycles. The zero-order valence-corrected chi connectivity index (χ0v) is 19.4. The van der Waals surface area contributed by atoms with Gasteiger partial charge in [0.15, 0.2) is 0 Å². The molecule has 2 amide bonds. The average molecular weight is 432 g/mol. The minimum Gasteiger partial charge on any atom is -0.469 e. The van der Waals surface area contributed by atoms with Crippen LogP contribution in [-0.2, 0) is 19.1 Å². The van der Waals surface area contributed by atoms with Gasteiger partial charge in [-0.05, 0) is 43.4 Å². The van der Waals surface area contributed by atoms with Crippen LogP contribution in [0.25, 0.3) is 0 Å². The lowest BCUT2D eigenvalue weighted by molar-refractivity contribution is -0.147. The van der Waals surface area contributed by atoms with E-state index in [1.165, 1.54) is 7.11 Å². The molecule has 2 fully saturated rings. The Bertz CT molecular complexity index is 772. The van der Waals surface area contributed by atoms with Gasteiger partial charge in [0.2, 0.25) is 5.91 Å². The van der Waals surface area contributed by atoms with Gasteiger partial charge in [-0.1, -0.05) is 20.8 Å². The topological polar surface area (TPSA) is 79.0 Å². The second kappa shape index (κ2) is 8.47. The highest BCUT2D eigenvalue weighted by atomic mass is 16.5. The lowest BCUT2D eigenvalue weighted by atomic mass is 9.82. The van der Waals surface area contributed by atoms with Gasteiger partial charge in [0, 0.05) is 55.8 Å². The Hall–Kier alpha value is -2.05. The van der Waals surface area contributed by atoms with Gasteiger partial charge < -0.3 is 19.9 Å². The van der Waals surface area contributed by atoms with Gasteiger partial charge in [0.05, 0.1) is 13.0 Å². The van der Waals surface area contributed by atoms with Crippen molar-refractivity contribution in [3.05, 3.63) is 11.3 Å². The highest BCUT2D eigenvalue weighted by Gasteiger charge is 2.47. The van der Waals surface area contributed by atoms with Crippen molar-refractivity contribution in [3.63, 3.8) is 0 Å². The van der Waals surface area contributed by atoms with Gasteiger partial charge in [-0.2, -0.15) is 0 Å². The standard InChI is InChI=1S/C24H37N3O4/c1-24(2,3)14-20(28)26-10-7-16(8-11-26)27-12-9-19-17(22(27)29)13-18(23(30)31-4)21(25-19)15-5-6-15/h15-16,18,21,25H,5-14H2,1-4H3/t18-,21-/m0/s1. The van der Waals surface area contributed by atoms with Crippen LogP contribution in [0.2, 0.25) is 0 Å². The maximum absolute atomic E-state index is 13.4. The van der Waals surface area contributed by atoms with Crippen molar-refractivity contribution in [2.24, 2.45) is 17.3 Å². The fourth-order valence-electron chi connectivity index (χ4n) is 5.43. The first-order valence-electron chi connectivity index (χ1n) is 11.8. The number of ether oxygens (including phenoxy) is 1. The number of rotatable bonds is 4. The summed E-state index contributed by atoms with van der Waals surface area (Å²) in [6, 6.07) is 0.264. The molecule has 172 valence electrons. The Morgan fingerprint density at radius 2 is 1.77 bits per heavy atom. The Labute approximate surface area is 185 Å². The first-order valence-corrected chi connectivity index (χ1v) is 11.8. The number of methoxy groups -OCH3 is 1. The molecular weight excluding hydrogens is 394 g/mol. The molecule has 1 aliphatic carbocycles. The molecule has 4 rings (SSSR count). The molecule has 3 aliphatic heterocycles. The van der Waals surface area contributed by atoms with E-state index in [4.69, 9.17) is 4.74 Å². The summed E-state index contributed by atoms with van der Waals surface area (Å²) < 4.78 is 5.06. The van der Waals surface area contributed by atoms with Crippen LogP contribution in [0.5, 0.6) is 0 Å². The fraction of sp³-hybridized carbons (Fsp3) is 0.792. The Kier molecular flexibility index (Phi) is 6.05. The predicted octanol–water partition coefficient (Wildman–Crippen LogP) is 2.46. The fourth-order valence-corrected chi connectivity index (χ4v) is 5.43. The molecule has 0 radical (unpaired) electrons. The third kappa shape index (κ3) is 4.75. The summed E-state index contributed by atoms with van der Waals surface area (Å²) in [5.74, 6) is 0.297. The summed E-state index contributed by atoms with van der Waals surface area (Å²) >= 11 is 0. The van der Waals surface area contributed by atoms with Crippen molar-refractivity contribution in [1.29, 1.82) is 0 Å². The van der Waals surface area contributed by atoms with Crippen LogP contribution in [0.15, 0.2) is 11.3 Å². The van der Waals surface area contributed by atoms with Crippen molar-refractivity contribution < 1.29 is 19.1 Å². The molecule has 7 nitrogen and oxygen atoms in total. The third-order valence-corrected chi connectivity index (χ3v) is 7.26. The molecule has 2 atom stereocenters. The van der Waals surface area contributed by atoms with Crippen LogP contribution in [0.4, 0.5) is 0 Å². The Morgan fingerprint density at radius 1 is 1.10 bits per heavy atom. The van der Waals surface area contributed by atoms with Gasteiger partial charge in [-0.15, -0.1) is 0 Å².